The lowest BCUT2D eigenvalue weighted by atomic mass is 10.1. The van der Waals surface area contributed by atoms with Crippen molar-refractivity contribution in [3.63, 3.8) is 0 Å². The summed E-state index contributed by atoms with van der Waals surface area (Å²) in [5.41, 5.74) is 2.19. The van der Waals surface area contributed by atoms with Crippen LogP contribution in [0.2, 0.25) is 0 Å². The molecular weight excluding hydrogens is 324 g/mol. The molecule has 6 nitrogen and oxygen atoms in total. The molecule has 0 bridgehead atoms. The summed E-state index contributed by atoms with van der Waals surface area (Å²) >= 11 is 0. The molecular formula is C20H36N6. The van der Waals surface area contributed by atoms with Crippen molar-refractivity contribution in [2.75, 3.05) is 0 Å². The minimum atomic E-state index is 0.463. The zero-order valence-electron chi connectivity index (χ0n) is 17.1. The number of rotatable bonds is 13. The third-order valence-electron chi connectivity index (χ3n) is 4.82. The van der Waals surface area contributed by atoms with Crippen LogP contribution in [0.5, 0.6) is 0 Å². The Hall–Kier alpha value is -1.72. The van der Waals surface area contributed by atoms with E-state index in [1.165, 1.54) is 51.4 Å². The molecule has 0 saturated carbocycles. The molecule has 0 unspecified atom stereocenters. The van der Waals surface area contributed by atoms with Crippen molar-refractivity contribution in [1.82, 2.24) is 30.0 Å². The van der Waals surface area contributed by atoms with Crippen LogP contribution in [0.4, 0.5) is 0 Å². The van der Waals surface area contributed by atoms with E-state index in [4.69, 9.17) is 0 Å². The van der Waals surface area contributed by atoms with E-state index >= 15 is 0 Å². The summed E-state index contributed by atoms with van der Waals surface area (Å²) in [6.45, 7) is 10.6. The minimum Gasteiger partial charge on any atom is -0.252 e. The average Bonchev–Trinajstić information content (AvgIpc) is 3.26. The highest BCUT2D eigenvalue weighted by atomic mass is 15.4. The van der Waals surface area contributed by atoms with Crippen LogP contribution in [0.25, 0.3) is 0 Å². The van der Waals surface area contributed by atoms with Crippen LogP contribution in [0.15, 0.2) is 12.4 Å². The summed E-state index contributed by atoms with van der Waals surface area (Å²) in [5.74, 6) is 0.927. The smallest absolute Gasteiger partial charge is 0.0852 e. The number of hydrogen-bond donors (Lipinski definition) is 0. The van der Waals surface area contributed by atoms with Gasteiger partial charge in [0.05, 0.1) is 11.4 Å². The van der Waals surface area contributed by atoms with E-state index in [-0.39, 0.29) is 0 Å². The third-order valence-corrected chi connectivity index (χ3v) is 4.82. The zero-order valence-corrected chi connectivity index (χ0v) is 17.1. The fourth-order valence-corrected chi connectivity index (χ4v) is 2.98. The molecule has 146 valence electrons. The fraction of sp³-hybridized carbons (Fsp3) is 0.800. The van der Waals surface area contributed by atoms with Crippen molar-refractivity contribution in [1.29, 1.82) is 0 Å². The van der Waals surface area contributed by atoms with Crippen LogP contribution in [-0.2, 0) is 13.1 Å². The summed E-state index contributed by atoms with van der Waals surface area (Å²) in [6.07, 6.45) is 14.5. The van der Waals surface area contributed by atoms with Crippen molar-refractivity contribution >= 4 is 0 Å². The van der Waals surface area contributed by atoms with Gasteiger partial charge in [-0.05, 0) is 24.7 Å². The lowest BCUT2D eigenvalue weighted by Gasteiger charge is -2.03. The van der Waals surface area contributed by atoms with Crippen LogP contribution < -0.4 is 0 Å². The first-order valence-corrected chi connectivity index (χ1v) is 10.4. The standard InChI is InChI=1S/C20H36N6/c1-17(2)19-15-25(23-21-19)13-11-9-7-5-6-8-10-12-14-26-16-20(18(3)4)22-24-26/h15-18H,5-14H2,1-4H3. The van der Waals surface area contributed by atoms with Crippen LogP contribution >= 0.6 is 0 Å². The molecule has 0 aliphatic rings. The second-order valence-electron chi connectivity index (χ2n) is 7.95. The van der Waals surface area contributed by atoms with Gasteiger partial charge in [0.1, 0.15) is 0 Å². The van der Waals surface area contributed by atoms with E-state index < -0.39 is 0 Å². The van der Waals surface area contributed by atoms with Crippen molar-refractivity contribution in [3.8, 4) is 0 Å². The maximum absolute atomic E-state index is 4.21. The lowest BCUT2D eigenvalue weighted by molar-refractivity contribution is 0.494. The highest BCUT2D eigenvalue weighted by Crippen LogP contribution is 2.13. The SMILES string of the molecule is CC(C)c1cn(CCCCCCCCCCn2cc(C(C)C)nn2)nn1. The van der Waals surface area contributed by atoms with Gasteiger partial charge in [-0.25, -0.2) is 0 Å². The highest BCUT2D eigenvalue weighted by Gasteiger charge is 2.05. The number of aromatic nitrogens is 6. The summed E-state index contributed by atoms with van der Waals surface area (Å²) < 4.78 is 3.98. The molecule has 0 aliphatic heterocycles. The number of nitrogens with zero attached hydrogens (tertiary/aromatic N) is 6. The molecule has 0 saturated heterocycles. The van der Waals surface area contributed by atoms with Gasteiger partial charge in [-0.2, -0.15) is 0 Å². The quantitative estimate of drug-likeness (QED) is 0.475. The van der Waals surface area contributed by atoms with Gasteiger partial charge >= 0.3 is 0 Å². The predicted octanol–water partition coefficient (Wildman–Crippen LogP) is 4.94. The van der Waals surface area contributed by atoms with Gasteiger partial charge in [0.2, 0.25) is 0 Å². The molecule has 0 radical (unpaired) electrons. The topological polar surface area (TPSA) is 61.4 Å². The Bertz CT molecular complexity index is 559. The van der Waals surface area contributed by atoms with Crippen LogP contribution in [0.3, 0.4) is 0 Å². The monoisotopic (exact) mass is 360 g/mol. The molecule has 2 rings (SSSR count). The summed E-state index contributed by atoms with van der Waals surface area (Å²) in [7, 11) is 0. The van der Waals surface area contributed by atoms with Crippen LogP contribution in [0.1, 0.15) is 102 Å². The molecule has 2 aromatic heterocycles. The second kappa shape index (κ2) is 11.1. The van der Waals surface area contributed by atoms with Crippen molar-refractivity contribution < 1.29 is 0 Å². The van der Waals surface area contributed by atoms with E-state index in [1.807, 2.05) is 9.36 Å². The Kier molecular flexibility index (Phi) is 8.78. The fourth-order valence-electron chi connectivity index (χ4n) is 2.98. The molecule has 0 atom stereocenters. The molecule has 0 aliphatic carbocycles. The Morgan fingerprint density at radius 2 is 0.962 bits per heavy atom. The maximum Gasteiger partial charge on any atom is 0.0852 e. The van der Waals surface area contributed by atoms with E-state index in [2.05, 4.69) is 60.7 Å². The first-order valence-electron chi connectivity index (χ1n) is 10.4. The maximum atomic E-state index is 4.21. The Balaban J connectivity index is 1.42. The molecule has 0 aromatic carbocycles. The average molecular weight is 361 g/mol. The Labute approximate surface area is 158 Å². The van der Waals surface area contributed by atoms with Crippen molar-refractivity contribution in [3.05, 3.63) is 23.8 Å². The summed E-state index contributed by atoms with van der Waals surface area (Å²) in [5, 5.41) is 16.8. The van der Waals surface area contributed by atoms with E-state index in [0.29, 0.717) is 11.8 Å². The minimum absolute atomic E-state index is 0.463. The largest absolute Gasteiger partial charge is 0.252 e. The van der Waals surface area contributed by atoms with Gasteiger partial charge in [-0.15, -0.1) is 10.2 Å². The van der Waals surface area contributed by atoms with Gasteiger partial charge in [0, 0.05) is 25.5 Å². The first-order chi connectivity index (χ1) is 12.6. The van der Waals surface area contributed by atoms with Crippen molar-refractivity contribution in [2.45, 2.75) is 104 Å². The number of aryl methyl sites for hydroxylation is 2. The Morgan fingerprint density at radius 3 is 1.27 bits per heavy atom. The normalized spacial score (nSPS) is 11.8. The molecule has 2 aromatic rings. The third kappa shape index (κ3) is 7.26. The van der Waals surface area contributed by atoms with Gasteiger partial charge in [0.25, 0.3) is 0 Å². The Morgan fingerprint density at radius 1 is 0.615 bits per heavy atom. The zero-order chi connectivity index (χ0) is 18.8. The number of unbranched alkanes of at least 4 members (excludes halogenated alkanes) is 7. The van der Waals surface area contributed by atoms with Gasteiger partial charge < -0.3 is 0 Å². The van der Waals surface area contributed by atoms with E-state index in [9.17, 15) is 0 Å². The summed E-state index contributed by atoms with van der Waals surface area (Å²) in [4.78, 5) is 0. The van der Waals surface area contributed by atoms with Crippen LogP contribution in [-0.4, -0.2) is 30.0 Å². The van der Waals surface area contributed by atoms with E-state index in [0.717, 1.165) is 24.5 Å². The highest BCUT2D eigenvalue weighted by molar-refractivity contribution is 4.98. The molecule has 0 spiro atoms. The predicted molar refractivity (Wildman–Crippen MR) is 105 cm³/mol. The van der Waals surface area contributed by atoms with Gasteiger partial charge in [0.15, 0.2) is 0 Å². The second-order valence-corrected chi connectivity index (χ2v) is 7.95. The lowest BCUT2D eigenvalue weighted by Crippen LogP contribution is -1.99. The first kappa shape index (κ1) is 20.6. The molecule has 0 N–H and O–H groups in total. The van der Waals surface area contributed by atoms with Crippen LogP contribution in [0, 0.1) is 0 Å². The van der Waals surface area contributed by atoms with E-state index in [1.54, 1.807) is 0 Å². The van der Waals surface area contributed by atoms with Gasteiger partial charge in [-0.1, -0.05) is 76.6 Å². The molecule has 26 heavy (non-hydrogen) atoms. The molecule has 0 fully saturated rings. The number of hydrogen-bond acceptors (Lipinski definition) is 4. The van der Waals surface area contributed by atoms with Gasteiger partial charge in [-0.3, -0.25) is 9.36 Å². The van der Waals surface area contributed by atoms with Crippen molar-refractivity contribution in [2.24, 2.45) is 0 Å². The molecule has 6 heteroatoms. The summed E-state index contributed by atoms with van der Waals surface area (Å²) in [6, 6.07) is 0. The molecule has 2 heterocycles. The molecule has 0 amide bonds.